The number of nitrogens with zero attached hydrogens (tertiary/aromatic N) is 1. The van der Waals surface area contributed by atoms with E-state index in [1.54, 1.807) is 48.7 Å². The van der Waals surface area contributed by atoms with Gasteiger partial charge in [0.05, 0.1) is 17.1 Å². The van der Waals surface area contributed by atoms with Gasteiger partial charge in [0.2, 0.25) is 11.8 Å². The fraction of sp³-hybridized carbons (Fsp3) is 0.304. The molecule has 1 aromatic carbocycles. The summed E-state index contributed by atoms with van der Waals surface area (Å²) in [6, 6.07) is 12.6. The van der Waals surface area contributed by atoms with Crippen LogP contribution >= 0.6 is 11.8 Å². The summed E-state index contributed by atoms with van der Waals surface area (Å²) in [7, 11) is 0. The summed E-state index contributed by atoms with van der Waals surface area (Å²) in [6.45, 7) is 1.93. The number of hydrogen-bond acceptors (Lipinski definition) is 5. The molecule has 2 amide bonds. The topological polar surface area (TPSA) is 108 Å². The Hall–Kier alpha value is -3.13. The average molecular weight is 440 g/mol. The molecular weight excluding hydrogens is 414 g/mol. The Morgan fingerprint density at radius 2 is 1.87 bits per heavy atom. The number of hydrogen-bond donors (Lipinski definition) is 3. The third kappa shape index (κ3) is 6.18. The Bertz CT molecular complexity index is 964. The average Bonchev–Trinajstić information content (AvgIpc) is 2.78. The maximum atomic E-state index is 12.7. The minimum Gasteiger partial charge on any atom is -0.481 e. The second kappa shape index (κ2) is 10.8. The van der Waals surface area contributed by atoms with E-state index in [9.17, 15) is 19.5 Å². The van der Waals surface area contributed by atoms with Gasteiger partial charge in [-0.2, -0.15) is 0 Å². The number of amides is 2. The molecule has 1 aliphatic carbocycles. The molecule has 3 N–H and O–H groups in total. The van der Waals surface area contributed by atoms with Crippen molar-refractivity contribution in [1.29, 1.82) is 0 Å². The molecule has 7 nitrogen and oxygen atoms in total. The summed E-state index contributed by atoms with van der Waals surface area (Å²) in [6.07, 6.45) is 6.65. The summed E-state index contributed by atoms with van der Waals surface area (Å²) in [5.41, 5.74) is 0.577. The first-order valence-electron chi connectivity index (χ1n) is 10.1. The van der Waals surface area contributed by atoms with Gasteiger partial charge in [-0.1, -0.05) is 31.2 Å². The molecule has 0 spiro atoms. The highest BCUT2D eigenvalue weighted by Gasteiger charge is 2.34. The van der Waals surface area contributed by atoms with Gasteiger partial charge in [-0.05, 0) is 49.6 Å². The van der Waals surface area contributed by atoms with Crippen molar-refractivity contribution in [3.8, 4) is 0 Å². The number of allylic oxidation sites excluding steroid dienone is 2. The first kappa shape index (κ1) is 22.6. The van der Waals surface area contributed by atoms with Crippen LogP contribution in [0, 0.1) is 11.8 Å². The molecule has 1 heterocycles. The normalized spacial score (nSPS) is 18.7. The van der Waals surface area contributed by atoms with Gasteiger partial charge >= 0.3 is 5.97 Å². The van der Waals surface area contributed by atoms with Crippen molar-refractivity contribution in [3.63, 3.8) is 0 Å². The van der Waals surface area contributed by atoms with E-state index in [4.69, 9.17) is 0 Å². The van der Waals surface area contributed by atoms with E-state index in [2.05, 4.69) is 15.6 Å². The molecule has 3 rings (SSSR count). The van der Waals surface area contributed by atoms with E-state index < -0.39 is 17.8 Å². The molecule has 0 fully saturated rings. The lowest BCUT2D eigenvalue weighted by molar-refractivity contribution is -0.146. The van der Waals surface area contributed by atoms with Gasteiger partial charge in [0.15, 0.2) is 0 Å². The smallest absolute Gasteiger partial charge is 0.307 e. The summed E-state index contributed by atoms with van der Waals surface area (Å²) >= 11 is 1.40. The lowest BCUT2D eigenvalue weighted by atomic mass is 9.82. The van der Waals surface area contributed by atoms with E-state index in [1.807, 2.05) is 19.1 Å². The van der Waals surface area contributed by atoms with Crippen LogP contribution in [0.3, 0.4) is 0 Å². The van der Waals surface area contributed by atoms with Crippen LogP contribution in [0.5, 0.6) is 0 Å². The largest absolute Gasteiger partial charge is 0.481 e. The maximum Gasteiger partial charge on any atom is 0.307 e. The number of rotatable bonds is 8. The molecule has 0 bridgehead atoms. The molecule has 0 saturated heterocycles. The number of thioether (sulfide) groups is 1. The molecule has 0 radical (unpaired) electrons. The Kier molecular flexibility index (Phi) is 7.83. The van der Waals surface area contributed by atoms with Crippen LogP contribution in [-0.4, -0.2) is 33.1 Å². The highest BCUT2D eigenvalue weighted by Crippen LogP contribution is 2.30. The number of benzene rings is 1. The molecule has 8 heteroatoms. The fourth-order valence-corrected chi connectivity index (χ4v) is 4.40. The van der Waals surface area contributed by atoms with Crippen molar-refractivity contribution in [2.75, 3.05) is 10.6 Å². The zero-order valence-corrected chi connectivity index (χ0v) is 18.0. The maximum absolute atomic E-state index is 12.7. The van der Waals surface area contributed by atoms with Crippen LogP contribution in [0.4, 0.5) is 11.5 Å². The quantitative estimate of drug-likeness (QED) is 0.420. The van der Waals surface area contributed by atoms with Crippen LogP contribution < -0.4 is 10.6 Å². The minimum atomic E-state index is -0.960. The molecule has 0 aliphatic heterocycles. The molecular formula is C23H25N3O4S. The number of carbonyl (C=O) groups is 3. The third-order valence-corrected chi connectivity index (χ3v) is 6.40. The third-order valence-electron chi connectivity index (χ3n) is 5.05. The minimum absolute atomic E-state index is 0.140. The van der Waals surface area contributed by atoms with Gasteiger partial charge in [-0.3, -0.25) is 14.4 Å². The zero-order valence-electron chi connectivity index (χ0n) is 17.2. The van der Waals surface area contributed by atoms with Crippen molar-refractivity contribution in [1.82, 2.24) is 4.98 Å². The Labute approximate surface area is 185 Å². The predicted octanol–water partition coefficient (Wildman–Crippen LogP) is 4.20. The lowest BCUT2D eigenvalue weighted by Gasteiger charge is -2.24. The van der Waals surface area contributed by atoms with Gasteiger partial charge in [0.1, 0.15) is 5.82 Å². The van der Waals surface area contributed by atoms with E-state index in [0.29, 0.717) is 30.8 Å². The second-order valence-corrected chi connectivity index (χ2v) is 8.51. The van der Waals surface area contributed by atoms with Crippen molar-refractivity contribution < 1.29 is 19.5 Å². The summed E-state index contributed by atoms with van der Waals surface area (Å²) < 4.78 is 0. The molecule has 31 heavy (non-hydrogen) atoms. The number of aliphatic carboxylic acids is 1. The standard InChI is InChI=1S/C23H25N3O4S/c1-2-19(22(28)26-20-12-5-6-13-24-20)31-16-9-7-8-15(14-16)25-21(27)17-10-3-4-11-18(17)23(29)30/h3-9,12-14,17-19H,2,10-11H2,1H3,(H,25,27)(H,29,30)(H,24,26,28). The Morgan fingerprint density at radius 1 is 1.10 bits per heavy atom. The van der Waals surface area contributed by atoms with Crippen LogP contribution in [0.25, 0.3) is 0 Å². The first-order chi connectivity index (χ1) is 15.0. The van der Waals surface area contributed by atoms with E-state index >= 15 is 0 Å². The van der Waals surface area contributed by atoms with Gasteiger partial charge in [0, 0.05) is 16.8 Å². The fourth-order valence-electron chi connectivity index (χ4n) is 3.39. The number of carboxylic acids is 1. The van der Waals surface area contributed by atoms with Crippen molar-refractivity contribution in [2.45, 2.75) is 36.3 Å². The summed E-state index contributed by atoms with van der Waals surface area (Å²) in [5, 5.41) is 14.7. The molecule has 0 saturated carbocycles. The number of carboxylic acid groups (broad SMARTS) is 1. The van der Waals surface area contributed by atoms with Crippen LogP contribution in [0.15, 0.2) is 65.7 Å². The highest BCUT2D eigenvalue weighted by molar-refractivity contribution is 8.00. The van der Waals surface area contributed by atoms with Crippen molar-refractivity contribution in [3.05, 3.63) is 60.8 Å². The molecule has 1 aliphatic rings. The summed E-state index contributed by atoms with van der Waals surface area (Å²) in [4.78, 5) is 41.7. The van der Waals surface area contributed by atoms with Gasteiger partial charge in [-0.25, -0.2) is 4.98 Å². The van der Waals surface area contributed by atoms with E-state index in [1.165, 1.54) is 11.8 Å². The van der Waals surface area contributed by atoms with Crippen LogP contribution in [0.2, 0.25) is 0 Å². The SMILES string of the molecule is CCC(Sc1cccc(NC(=O)C2CC=CCC2C(=O)O)c1)C(=O)Nc1ccccn1. The van der Waals surface area contributed by atoms with Gasteiger partial charge in [0.25, 0.3) is 0 Å². The monoisotopic (exact) mass is 439 g/mol. The molecule has 2 aromatic rings. The number of pyridine rings is 1. The van der Waals surface area contributed by atoms with Crippen molar-refractivity contribution >= 4 is 41.1 Å². The number of anilines is 2. The number of carbonyl (C=O) groups excluding carboxylic acids is 2. The highest BCUT2D eigenvalue weighted by atomic mass is 32.2. The second-order valence-electron chi connectivity index (χ2n) is 7.23. The number of aromatic nitrogens is 1. The molecule has 162 valence electrons. The lowest BCUT2D eigenvalue weighted by Crippen LogP contribution is -2.34. The molecule has 1 aromatic heterocycles. The van der Waals surface area contributed by atoms with E-state index in [0.717, 1.165) is 4.90 Å². The van der Waals surface area contributed by atoms with Gasteiger partial charge in [-0.15, -0.1) is 11.8 Å². The van der Waals surface area contributed by atoms with Crippen LogP contribution in [-0.2, 0) is 14.4 Å². The van der Waals surface area contributed by atoms with E-state index in [-0.39, 0.29) is 17.1 Å². The van der Waals surface area contributed by atoms with Crippen molar-refractivity contribution in [2.24, 2.45) is 11.8 Å². The van der Waals surface area contributed by atoms with Crippen LogP contribution in [0.1, 0.15) is 26.2 Å². The first-order valence-corrected chi connectivity index (χ1v) is 11.0. The predicted molar refractivity (Wildman–Crippen MR) is 121 cm³/mol. The zero-order chi connectivity index (χ0) is 22.2. The molecule has 3 unspecified atom stereocenters. The number of nitrogens with one attached hydrogen (secondary N) is 2. The van der Waals surface area contributed by atoms with Gasteiger partial charge < -0.3 is 15.7 Å². The molecule has 3 atom stereocenters. The Morgan fingerprint density at radius 3 is 2.55 bits per heavy atom. The Balaban J connectivity index is 1.65. The summed E-state index contributed by atoms with van der Waals surface area (Å²) in [5.74, 6) is -2.23.